The van der Waals surface area contributed by atoms with Gasteiger partial charge in [0, 0.05) is 28.7 Å². The molecule has 0 aromatic heterocycles. The Morgan fingerprint density at radius 1 is 1.20 bits per heavy atom. The molecule has 0 N–H and O–H groups in total. The number of hydrogen-bond acceptors (Lipinski definition) is 1. The smallest absolute Gasteiger partial charge is 0.254 e. The first kappa shape index (κ1) is 13.3. The third-order valence-electron chi connectivity index (χ3n) is 3.56. The lowest BCUT2D eigenvalue weighted by Crippen LogP contribution is -2.37. The molecular formula is C16H13BrFNO. The van der Waals surface area contributed by atoms with Crippen LogP contribution < -0.4 is 0 Å². The fourth-order valence-corrected chi connectivity index (χ4v) is 2.90. The summed E-state index contributed by atoms with van der Waals surface area (Å²) in [6.45, 7) is 0.931. The Labute approximate surface area is 125 Å². The topological polar surface area (TPSA) is 20.3 Å². The van der Waals surface area contributed by atoms with Crippen molar-refractivity contribution in [1.82, 2.24) is 4.90 Å². The molecule has 0 radical (unpaired) electrons. The minimum absolute atomic E-state index is 0.0220. The highest BCUT2D eigenvalue weighted by Gasteiger charge is 2.24. The standard InChI is InChI=1S/C16H13BrFNO/c17-13-5-6-15(18)12(9-13)10-19-8-7-11-3-1-2-4-14(11)16(19)20/h1-6,9H,7-8,10H2. The van der Waals surface area contributed by atoms with Gasteiger partial charge in [-0.15, -0.1) is 0 Å². The van der Waals surface area contributed by atoms with Gasteiger partial charge in [-0.2, -0.15) is 0 Å². The average molecular weight is 334 g/mol. The lowest BCUT2D eigenvalue weighted by atomic mass is 9.98. The van der Waals surface area contributed by atoms with Crippen LogP contribution in [-0.2, 0) is 13.0 Å². The summed E-state index contributed by atoms with van der Waals surface area (Å²) in [6.07, 6.45) is 0.817. The van der Waals surface area contributed by atoms with Gasteiger partial charge in [0.2, 0.25) is 0 Å². The summed E-state index contributed by atoms with van der Waals surface area (Å²) in [5.41, 5.74) is 2.34. The molecule has 3 rings (SSSR count). The largest absolute Gasteiger partial charge is 0.334 e. The molecule has 1 heterocycles. The van der Waals surface area contributed by atoms with Gasteiger partial charge in [-0.3, -0.25) is 4.79 Å². The predicted molar refractivity (Wildman–Crippen MR) is 79.0 cm³/mol. The second-order valence-corrected chi connectivity index (χ2v) is 5.79. The highest BCUT2D eigenvalue weighted by atomic mass is 79.9. The first-order chi connectivity index (χ1) is 9.65. The van der Waals surface area contributed by atoms with Crippen LogP contribution in [0.1, 0.15) is 21.5 Å². The number of carbonyl (C=O) groups excluding carboxylic acids is 1. The van der Waals surface area contributed by atoms with Gasteiger partial charge in [0.25, 0.3) is 5.91 Å². The van der Waals surface area contributed by atoms with Crippen molar-refractivity contribution in [2.45, 2.75) is 13.0 Å². The molecule has 2 nitrogen and oxygen atoms in total. The first-order valence-electron chi connectivity index (χ1n) is 6.46. The summed E-state index contributed by atoms with van der Waals surface area (Å²) in [5.74, 6) is -0.300. The molecule has 20 heavy (non-hydrogen) atoms. The molecule has 1 amide bonds. The molecule has 2 aromatic rings. The monoisotopic (exact) mass is 333 g/mol. The van der Waals surface area contributed by atoms with Gasteiger partial charge >= 0.3 is 0 Å². The molecule has 0 aliphatic carbocycles. The Morgan fingerprint density at radius 3 is 2.85 bits per heavy atom. The molecule has 102 valence electrons. The number of hydrogen-bond donors (Lipinski definition) is 0. The Morgan fingerprint density at radius 2 is 2.00 bits per heavy atom. The van der Waals surface area contributed by atoms with Gasteiger partial charge in [0.1, 0.15) is 5.82 Å². The molecule has 0 bridgehead atoms. The zero-order valence-corrected chi connectivity index (χ0v) is 12.4. The van der Waals surface area contributed by atoms with Crippen LogP contribution in [0.4, 0.5) is 4.39 Å². The third-order valence-corrected chi connectivity index (χ3v) is 4.05. The molecule has 0 atom stereocenters. The van der Waals surface area contributed by atoms with Crippen LogP contribution in [0.5, 0.6) is 0 Å². The van der Waals surface area contributed by atoms with Gasteiger partial charge in [-0.1, -0.05) is 34.1 Å². The van der Waals surface area contributed by atoms with Crippen LogP contribution in [-0.4, -0.2) is 17.4 Å². The summed E-state index contributed by atoms with van der Waals surface area (Å²) in [5, 5.41) is 0. The maximum absolute atomic E-state index is 13.8. The van der Waals surface area contributed by atoms with Crippen molar-refractivity contribution in [2.75, 3.05) is 6.54 Å². The lowest BCUT2D eigenvalue weighted by Gasteiger charge is -2.28. The van der Waals surface area contributed by atoms with Crippen LogP contribution >= 0.6 is 15.9 Å². The van der Waals surface area contributed by atoms with Gasteiger partial charge in [-0.25, -0.2) is 4.39 Å². The van der Waals surface area contributed by atoms with Crippen molar-refractivity contribution in [3.05, 3.63) is 69.4 Å². The van der Waals surface area contributed by atoms with Crippen molar-refractivity contribution in [2.24, 2.45) is 0 Å². The summed E-state index contributed by atoms with van der Waals surface area (Å²) in [4.78, 5) is 14.1. The van der Waals surface area contributed by atoms with E-state index in [-0.39, 0.29) is 11.7 Å². The molecule has 0 spiro atoms. The molecule has 0 saturated carbocycles. The summed E-state index contributed by atoms with van der Waals surface area (Å²) >= 11 is 3.33. The van der Waals surface area contributed by atoms with Gasteiger partial charge in [0.15, 0.2) is 0 Å². The van der Waals surface area contributed by atoms with Crippen LogP contribution in [0.25, 0.3) is 0 Å². The Balaban J connectivity index is 1.86. The van der Waals surface area contributed by atoms with Crippen LogP contribution in [0, 0.1) is 5.82 Å². The minimum atomic E-state index is -0.278. The lowest BCUT2D eigenvalue weighted by molar-refractivity contribution is 0.0725. The second-order valence-electron chi connectivity index (χ2n) is 4.87. The molecule has 0 fully saturated rings. The highest BCUT2D eigenvalue weighted by molar-refractivity contribution is 9.10. The maximum atomic E-state index is 13.8. The number of benzene rings is 2. The van der Waals surface area contributed by atoms with E-state index in [2.05, 4.69) is 15.9 Å². The number of halogens is 2. The summed E-state index contributed by atoms with van der Waals surface area (Å²) < 4.78 is 14.6. The Bertz CT molecular complexity index is 671. The zero-order valence-electron chi connectivity index (χ0n) is 10.8. The van der Waals surface area contributed by atoms with E-state index in [4.69, 9.17) is 0 Å². The van der Waals surface area contributed by atoms with E-state index in [1.54, 1.807) is 17.0 Å². The number of carbonyl (C=O) groups is 1. The number of nitrogens with zero attached hydrogens (tertiary/aromatic N) is 1. The van der Waals surface area contributed by atoms with E-state index in [1.807, 2.05) is 24.3 Å². The van der Waals surface area contributed by atoms with E-state index in [9.17, 15) is 9.18 Å². The third kappa shape index (κ3) is 2.48. The van der Waals surface area contributed by atoms with Crippen molar-refractivity contribution >= 4 is 21.8 Å². The van der Waals surface area contributed by atoms with E-state index in [0.717, 1.165) is 22.0 Å². The second kappa shape index (κ2) is 5.37. The number of amides is 1. The van der Waals surface area contributed by atoms with Crippen LogP contribution in [0.15, 0.2) is 46.9 Å². The molecule has 4 heteroatoms. The normalized spacial score (nSPS) is 14.3. The fourth-order valence-electron chi connectivity index (χ4n) is 2.50. The van der Waals surface area contributed by atoms with E-state index >= 15 is 0 Å². The number of rotatable bonds is 2. The van der Waals surface area contributed by atoms with Crippen molar-refractivity contribution in [3.8, 4) is 0 Å². The molecular weight excluding hydrogens is 321 g/mol. The Kier molecular flexibility index (Phi) is 3.57. The van der Waals surface area contributed by atoms with Crippen molar-refractivity contribution in [1.29, 1.82) is 0 Å². The van der Waals surface area contributed by atoms with Crippen LogP contribution in [0.3, 0.4) is 0 Å². The number of fused-ring (bicyclic) bond motifs is 1. The van der Waals surface area contributed by atoms with E-state index in [0.29, 0.717) is 18.7 Å². The maximum Gasteiger partial charge on any atom is 0.254 e. The first-order valence-corrected chi connectivity index (χ1v) is 7.25. The predicted octanol–water partition coefficient (Wildman–Crippen LogP) is 3.79. The fraction of sp³-hybridized carbons (Fsp3) is 0.188. The summed E-state index contributed by atoms with van der Waals surface area (Å²) in [7, 11) is 0. The zero-order chi connectivity index (χ0) is 14.1. The van der Waals surface area contributed by atoms with Gasteiger partial charge in [0.05, 0.1) is 0 Å². The van der Waals surface area contributed by atoms with E-state index in [1.165, 1.54) is 6.07 Å². The molecule has 0 saturated heterocycles. The molecule has 1 aliphatic heterocycles. The molecule has 0 unspecified atom stereocenters. The highest BCUT2D eigenvalue weighted by Crippen LogP contribution is 2.22. The SMILES string of the molecule is O=C1c2ccccc2CCN1Cc1cc(Br)ccc1F. The van der Waals surface area contributed by atoms with Gasteiger partial charge < -0.3 is 4.90 Å². The molecule has 2 aromatic carbocycles. The van der Waals surface area contributed by atoms with Crippen molar-refractivity contribution < 1.29 is 9.18 Å². The quantitative estimate of drug-likeness (QED) is 0.818. The Hall–Kier alpha value is -1.68. The van der Waals surface area contributed by atoms with Crippen LogP contribution in [0.2, 0.25) is 0 Å². The molecule has 1 aliphatic rings. The van der Waals surface area contributed by atoms with E-state index < -0.39 is 0 Å². The summed E-state index contributed by atoms with van der Waals surface area (Å²) in [6, 6.07) is 12.4. The minimum Gasteiger partial charge on any atom is -0.334 e. The van der Waals surface area contributed by atoms with Gasteiger partial charge in [-0.05, 0) is 36.2 Å². The average Bonchev–Trinajstić information content (AvgIpc) is 2.46. The van der Waals surface area contributed by atoms with Crippen molar-refractivity contribution in [3.63, 3.8) is 0 Å².